The Morgan fingerprint density at radius 2 is 1.11 bits per heavy atom. The molecule has 0 aromatic rings. The molecule has 0 saturated heterocycles. The van der Waals surface area contributed by atoms with Crippen molar-refractivity contribution in [3.8, 4) is 0 Å². The summed E-state index contributed by atoms with van der Waals surface area (Å²) in [6.07, 6.45) is 18.1. The van der Waals surface area contributed by atoms with Gasteiger partial charge in [0.15, 0.2) is 6.29 Å². The smallest absolute Gasteiger partial charge is 0.437 e. The first-order chi connectivity index (χ1) is 12.8. The van der Waals surface area contributed by atoms with E-state index in [1.54, 1.807) is 0 Å². The monoisotopic (exact) mass is 406 g/mol. The lowest BCUT2D eigenvalue weighted by Gasteiger charge is -2.17. The maximum atomic E-state index is 11.5. The van der Waals surface area contributed by atoms with Gasteiger partial charge in [-0.1, -0.05) is 96.8 Å². The van der Waals surface area contributed by atoms with E-state index in [-0.39, 0.29) is 6.42 Å². The normalized spacial score (nSPS) is 12.9. The van der Waals surface area contributed by atoms with Crippen molar-refractivity contribution >= 4 is 15.0 Å². The molecule has 0 rings (SSSR count). The van der Waals surface area contributed by atoms with Crippen LogP contribution in [0, 0.1) is 0 Å². The highest BCUT2D eigenvalue weighted by Gasteiger charge is 2.34. The second-order valence-corrected chi connectivity index (χ2v) is 8.83. The molecule has 1 atom stereocenters. The van der Waals surface area contributed by atoms with Crippen LogP contribution in [0.25, 0.3) is 0 Å². The van der Waals surface area contributed by atoms with E-state index in [4.69, 9.17) is 19.1 Å². The number of esters is 1. The summed E-state index contributed by atoms with van der Waals surface area (Å²) in [5, 5.41) is 0. The van der Waals surface area contributed by atoms with Crippen molar-refractivity contribution in [2.24, 2.45) is 0 Å². The Balaban J connectivity index is 3.27. The number of hydrogen-bond donors (Lipinski definition) is 3. The predicted octanol–water partition coefficient (Wildman–Crippen LogP) is 4.57. The van der Waals surface area contributed by atoms with Gasteiger partial charge < -0.3 is 23.5 Å². The minimum absolute atomic E-state index is 0.281. The van der Waals surface area contributed by atoms with Gasteiger partial charge in [-0.05, 0) is 13.3 Å². The Kier molecular flexibility index (Phi) is 17.3. The maximum absolute atomic E-state index is 11.5. The largest absolute Gasteiger partial charge is 0.674 e. The Labute approximate surface area is 166 Å². The van der Waals surface area contributed by atoms with Crippen molar-refractivity contribution in [3.63, 3.8) is 0 Å². The fourth-order valence-electron chi connectivity index (χ4n) is 3.13. The summed E-state index contributed by atoms with van der Waals surface area (Å²) in [7, 11) is -4.64. The van der Waals surface area contributed by atoms with Crippen LogP contribution in [0.3, 0.4) is 0 Å². The third-order valence-electron chi connectivity index (χ3n) is 4.61. The fraction of sp³-hybridized carbons (Fsp3) is 0.950. The minimum Gasteiger partial charge on any atom is -0.437 e. The zero-order valence-corrected chi connectivity index (χ0v) is 18.5. The Bertz CT molecular complexity index is 346. The molecule has 0 bridgehead atoms. The third-order valence-corrected chi connectivity index (χ3v) is 5.25. The predicted molar refractivity (Wildman–Crippen MR) is 109 cm³/mol. The molecular formula is C20H42O6Si. The van der Waals surface area contributed by atoms with E-state index in [0.29, 0.717) is 0 Å². The average molecular weight is 407 g/mol. The molecule has 0 saturated carbocycles. The van der Waals surface area contributed by atoms with E-state index >= 15 is 0 Å². The van der Waals surface area contributed by atoms with Crippen LogP contribution in [0.4, 0.5) is 0 Å². The zero-order chi connectivity index (χ0) is 20.4. The van der Waals surface area contributed by atoms with Crippen LogP contribution in [0.2, 0.25) is 0 Å². The number of rotatable bonds is 19. The van der Waals surface area contributed by atoms with Crippen LogP contribution in [0.5, 0.6) is 0 Å². The molecule has 0 aliphatic rings. The molecule has 27 heavy (non-hydrogen) atoms. The van der Waals surface area contributed by atoms with Gasteiger partial charge in [-0.15, -0.1) is 0 Å². The van der Waals surface area contributed by atoms with Gasteiger partial charge >= 0.3 is 15.0 Å². The highest BCUT2D eigenvalue weighted by Crippen LogP contribution is 2.14. The second-order valence-electron chi connectivity index (χ2n) is 7.45. The van der Waals surface area contributed by atoms with E-state index in [9.17, 15) is 4.79 Å². The maximum Gasteiger partial charge on any atom is 0.674 e. The molecule has 6 nitrogen and oxygen atoms in total. The molecule has 3 N–H and O–H groups in total. The number of ether oxygens (including phenoxy) is 1. The summed E-state index contributed by atoms with van der Waals surface area (Å²) in [6.45, 7) is 3.60. The van der Waals surface area contributed by atoms with Gasteiger partial charge in [0, 0.05) is 6.42 Å². The summed E-state index contributed by atoms with van der Waals surface area (Å²) in [5.41, 5.74) is 0. The van der Waals surface area contributed by atoms with E-state index in [1.807, 2.05) is 0 Å². The zero-order valence-electron chi connectivity index (χ0n) is 17.5. The van der Waals surface area contributed by atoms with Crippen LogP contribution in [0.1, 0.15) is 117 Å². The second kappa shape index (κ2) is 17.6. The molecule has 0 aliphatic heterocycles. The summed E-state index contributed by atoms with van der Waals surface area (Å²) in [4.78, 5) is 37.8. The van der Waals surface area contributed by atoms with Gasteiger partial charge in [0.2, 0.25) is 0 Å². The van der Waals surface area contributed by atoms with Gasteiger partial charge in [-0.2, -0.15) is 0 Å². The Morgan fingerprint density at radius 1 is 0.741 bits per heavy atom. The van der Waals surface area contributed by atoms with E-state index in [2.05, 4.69) is 11.3 Å². The SMILES string of the molecule is CCCCCCCCCCCCCCCCCC(=O)OC(C)O[Si](O)(O)O. The highest BCUT2D eigenvalue weighted by molar-refractivity contribution is 6.48. The topological polar surface area (TPSA) is 96.2 Å². The van der Waals surface area contributed by atoms with Gasteiger partial charge in [-0.25, -0.2) is 0 Å². The van der Waals surface area contributed by atoms with E-state index < -0.39 is 21.3 Å². The van der Waals surface area contributed by atoms with Crippen LogP contribution in [-0.4, -0.2) is 35.7 Å². The Hall–Kier alpha value is -0.473. The van der Waals surface area contributed by atoms with Crippen LogP contribution in [0.15, 0.2) is 0 Å². The third kappa shape index (κ3) is 21.7. The molecule has 1 unspecified atom stereocenters. The summed E-state index contributed by atoms with van der Waals surface area (Å²) in [6, 6.07) is 0. The van der Waals surface area contributed by atoms with Gasteiger partial charge in [0.05, 0.1) is 0 Å². The Morgan fingerprint density at radius 3 is 1.48 bits per heavy atom. The summed E-state index contributed by atoms with van der Waals surface area (Å²) < 4.78 is 9.24. The van der Waals surface area contributed by atoms with Gasteiger partial charge in [-0.3, -0.25) is 4.79 Å². The summed E-state index contributed by atoms with van der Waals surface area (Å²) in [5.74, 6) is -0.449. The molecule has 0 aromatic carbocycles. The first-order valence-electron chi connectivity index (χ1n) is 10.9. The molecule has 0 radical (unpaired) electrons. The van der Waals surface area contributed by atoms with Crippen molar-refractivity contribution < 1.29 is 28.3 Å². The van der Waals surface area contributed by atoms with Crippen molar-refractivity contribution in [3.05, 3.63) is 0 Å². The van der Waals surface area contributed by atoms with Crippen LogP contribution < -0.4 is 0 Å². The molecule has 7 heteroatoms. The highest BCUT2D eigenvalue weighted by atomic mass is 28.4. The number of hydrogen-bond acceptors (Lipinski definition) is 6. The van der Waals surface area contributed by atoms with E-state index in [1.165, 1.54) is 84.0 Å². The first-order valence-corrected chi connectivity index (χ1v) is 12.6. The number of carbonyl (C=O) groups is 1. The molecule has 0 amide bonds. The first kappa shape index (κ1) is 26.5. The number of carbonyl (C=O) groups excluding carboxylic acids is 1. The molecule has 0 spiro atoms. The molecule has 0 aromatic heterocycles. The minimum atomic E-state index is -4.64. The van der Waals surface area contributed by atoms with Gasteiger partial charge in [0.25, 0.3) is 0 Å². The molecule has 0 heterocycles. The van der Waals surface area contributed by atoms with Crippen LogP contribution in [-0.2, 0) is 14.0 Å². The van der Waals surface area contributed by atoms with E-state index in [0.717, 1.165) is 19.3 Å². The average Bonchev–Trinajstić information content (AvgIpc) is 2.56. The molecule has 0 aliphatic carbocycles. The lowest BCUT2D eigenvalue weighted by molar-refractivity contribution is -0.169. The molecule has 162 valence electrons. The lowest BCUT2D eigenvalue weighted by Crippen LogP contribution is -2.43. The molecular weight excluding hydrogens is 364 g/mol. The van der Waals surface area contributed by atoms with Crippen LogP contribution >= 0.6 is 0 Å². The van der Waals surface area contributed by atoms with Crippen molar-refractivity contribution in [2.45, 2.75) is 123 Å². The standard InChI is InChI=1S/C20H42O6Si/c1-3-4-5-6-7-8-9-10-11-12-13-14-15-16-17-18-20(21)25-19(2)26-27(22,23)24/h19,22-24H,3-18H2,1-2H3. The van der Waals surface area contributed by atoms with Crippen molar-refractivity contribution in [2.75, 3.05) is 0 Å². The van der Waals surface area contributed by atoms with Crippen molar-refractivity contribution in [1.29, 1.82) is 0 Å². The van der Waals surface area contributed by atoms with Gasteiger partial charge in [0.1, 0.15) is 0 Å². The summed E-state index contributed by atoms with van der Waals surface area (Å²) >= 11 is 0. The molecule has 0 fully saturated rings. The lowest BCUT2D eigenvalue weighted by atomic mass is 10.0. The quantitative estimate of drug-likeness (QED) is 0.126. The number of unbranched alkanes of at least 4 members (excludes halogenated alkanes) is 14. The fourth-order valence-corrected chi connectivity index (χ4v) is 3.62. The van der Waals surface area contributed by atoms with Crippen molar-refractivity contribution in [1.82, 2.24) is 0 Å².